The Labute approximate surface area is 144 Å². The Morgan fingerprint density at radius 2 is 1.71 bits per heavy atom. The molecular weight excluding hydrogens is 296 g/mol. The zero-order chi connectivity index (χ0) is 17.1. The first kappa shape index (κ1) is 16.8. The molecule has 126 valence electrons. The minimum absolute atomic E-state index is 0.275. The van der Waals surface area contributed by atoms with Gasteiger partial charge in [0, 0.05) is 6.92 Å². The van der Waals surface area contributed by atoms with Gasteiger partial charge < -0.3 is 4.74 Å². The van der Waals surface area contributed by atoms with Crippen LogP contribution in [-0.2, 0) is 17.6 Å². The number of carbonyl (C=O) groups excluding carboxylic acids is 1. The van der Waals surface area contributed by atoms with Crippen LogP contribution in [0.15, 0.2) is 42.5 Å². The molecule has 2 heteroatoms. The van der Waals surface area contributed by atoms with Crippen LogP contribution in [0.2, 0.25) is 0 Å². The van der Waals surface area contributed by atoms with Gasteiger partial charge in [0.15, 0.2) is 0 Å². The largest absolute Gasteiger partial charge is 0.427 e. The van der Waals surface area contributed by atoms with Crippen molar-refractivity contribution in [3.05, 3.63) is 64.7 Å². The minimum Gasteiger partial charge on any atom is -0.427 e. The number of carbonyl (C=O) groups is 1. The maximum absolute atomic E-state index is 11.0. The molecule has 2 atom stereocenters. The van der Waals surface area contributed by atoms with E-state index in [1.165, 1.54) is 36.5 Å². The maximum Gasteiger partial charge on any atom is 0.308 e. The van der Waals surface area contributed by atoms with E-state index in [0.29, 0.717) is 17.6 Å². The highest BCUT2D eigenvalue weighted by Gasteiger charge is 2.19. The molecule has 0 aromatic heterocycles. The van der Waals surface area contributed by atoms with Gasteiger partial charge in [0.05, 0.1) is 0 Å². The number of rotatable bonds is 6. The standard InChI is InChI=1S/C22H26O2/c1-4-17(20-7-5-19-6-8-21(19)14-20)13-15(2)18-9-11-22(12-10-18)24-16(3)23/h5,7,9-12,14-15,17H,4,6,8,13H2,1-3H3. The molecule has 0 amide bonds. The lowest BCUT2D eigenvalue weighted by Gasteiger charge is -2.25. The predicted octanol–water partition coefficient (Wildman–Crippen LogP) is 5.40. The summed E-state index contributed by atoms with van der Waals surface area (Å²) in [5.74, 6) is 1.42. The molecule has 0 aliphatic heterocycles. The van der Waals surface area contributed by atoms with E-state index in [4.69, 9.17) is 4.74 Å². The summed E-state index contributed by atoms with van der Waals surface area (Å²) in [7, 11) is 0. The molecule has 0 fully saturated rings. The SMILES string of the molecule is CCC(CC(C)c1ccc(OC(C)=O)cc1)c1ccc2c(c1)CC2. The van der Waals surface area contributed by atoms with Gasteiger partial charge in [0.1, 0.15) is 5.75 Å². The zero-order valence-corrected chi connectivity index (χ0v) is 14.8. The van der Waals surface area contributed by atoms with Gasteiger partial charge in [-0.25, -0.2) is 0 Å². The minimum atomic E-state index is -0.275. The molecule has 2 aromatic carbocycles. The van der Waals surface area contributed by atoms with Crippen molar-refractivity contribution in [1.29, 1.82) is 0 Å². The number of hydrogen-bond acceptors (Lipinski definition) is 2. The van der Waals surface area contributed by atoms with E-state index < -0.39 is 0 Å². The molecule has 0 saturated carbocycles. The van der Waals surface area contributed by atoms with Crippen LogP contribution in [0.25, 0.3) is 0 Å². The first-order chi connectivity index (χ1) is 11.6. The second kappa shape index (κ2) is 7.21. The highest BCUT2D eigenvalue weighted by atomic mass is 16.5. The fourth-order valence-electron chi connectivity index (χ4n) is 3.60. The summed E-state index contributed by atoms with van der Waals surface area (Å²) in [6.45, 7) is 5.99. The second-order valence-corrected chi connectivity index (χ2v) is 6.93. The lowest BCUT2D eigenvalue weighted by molar-refractivity contribution is -0.131. The Balaban J connectivity index is 1.68. The molecule has 1 aliphatic rings. The summed E-state index contributed by atoms with van der Waals surface area (Å²) in [6, 6.07) is 15.0. The monoisotopic (exact) mass is 322 g/mol. The van der Waals surface area contributed by atoms with Crippen molar-refractivity contribution >= 4 is 5.97 Å². The van der Waals surface area contributed by atoms with Gasteiger partial charge in [-0.15, -0.1) is 0 Å². The quantitative estimate of drug-likeness (QED) is 0.526. The molecule has 1 aliphatic carbocycles. The van der Waals surface area contributed by atoms with Crippen LogP contribution in [0.4, 0.5) is 0 Å². The third-order valence-electron chi connectivity index (χ3n) is 5.21. The molecule has 2 nitrogen and oxygen atoms in total. The summed E-state index contributed by atoms with van der Waals surface area (Å²) in [5, 5.41) is 0. The Morgan fingerprint density at radius 1 is 1.04 bits per heavy atom. The van der Waals surface area contributed by atoms with E-state index in [9.17, 15) is 4.79 Å². The van der Waals surface area contributed by atoms with Crippen LogP contribution in [-0.4, -0.2) is 5.97 Å². The highest BCUT2D eigenvalue weighted by Crippen LogP contribution is 2.35. The number of ether oxygens (including phenoxy) is 1. The topological polar surface area (TPSA) is 26.3 Å². The van der Waals surface area contributed by atoms with E-state index in [1.807, 2.05) is 12.1 Å². The molecule has 0 radical (unpaired) electrons. The van der Waals surface area contributed by atoms with E-state index in [0.717, 1.165) is 12.8 Å². The van der Waals surface area contributed by atoms with Crippen molar-refractivity contribution in [2.24, 2.45) is 0 Å². The summed E-state index contributed by atoms with van der Waals surface area (Å²) >= 11 is 0. The van der Waals surface area contributed by atoms with Gasteiger partial charge in [-0.1, -0.05) is 44.2 Å². The third kappa shape index (κ3) is 3.69. The van der Waals surface area contributed by atoms with Gasteiger partial charge in [-0.05, 0) is 71.9 Å². The zero-order valence-electron chi connectivity index (χ0n) is 14.8. The Hall–Kier alpha value is -2.09. The molecule has 3 rings (SSSR count). The molecular formula is C22H26O2. The fraction of sp³-hybridized carbons (Fsp3) is 0.409. The van der Waals surface area contributed by atoms with Crippen LogP contribution in [0, 0.1) is 0 Å². The molecule has 0 heterocycles. The molecule has 24 heavy (non-hydrogen) atoms. The van der Waals surface area contributed by atoms with Crippen molar-refractivity contribution < 1.29 is 9.53 Å². The van der Waals surface area contributed by atoms with Gasteiger partial charge in [0.2, 0.25) is 0 Å². The Morgan fingerprint density at radius 3 is 2.25 bits per heavy atom. The number of hydrogen-bond donors (Lipinski definition) is 0. The third-order valence-corrected chi connectivity index (χ3v) is 5.21. The van der Waals surface area contributed by atoms with Crippen LogP contribution in [0.3, 0.4) is 0 Å². The first-order valence-corrected chi connectivity index (χ1v) is 8.97. The number of fused-ring (bicyclic) bond motifs is 1. The summed E-state index contributed by atoms with van der Waals surface area (Å²) in [5.41, 5.74) is 5.86. The molecule has 0 bridgehead atoms. The average Bonchev–Trinajstić information content (AvgIpc) is 2.54. The van der Waals surface area contributed by atoms with Crippen molar-refractivity contribution in [2.75, 3.05) is 0 Å². The Kier molecular flexibility index (Phi) is 5.03. The normalized spacial score (nSPS) is 15.1. The summed E-state index contributed by atoms with van der Waals surface area (Å²) in [4.78, 5) is 11.0. The molecule has 2 aromatic rings. The molecule has 0 saturated heterocycles. The van der Waals surface area contributed by atoms with Gasteiger partial charge in [-0.2, -0.15) is 0 Å². The van der Waals surface area contributed by atoms with Crippen LogP contribution in [0.1, 0.15) is 67.7 Å². The lowest BCUT2D eigenvalue weighted by atomic mass is 9.80. The highest BCUT2D eigenvalue weighted by molar-refractivity contribution is 5.69. The smallest absolute Gasteiger partial charge is 0.308 e. The van der Waals surface area contributed by atoms with Gasteiger partial charge in [0.25, 0.3) is 0 Å². The van der Waals surface area contributed by atoms with Crippen molar-refractivity contribution in [3.63, 3.8) is 0 Å². The van der Waals surface area contributed by atoms with Crippen LogP contribution < -0.4 is 4.74 Å². The predicted molar refractivity (Wildman–Crippen MR) is 97.7 cm³/mol. The number of aryl methyl sites for hydroxylation is 2. The number of esters is 1. The first-order valence-electron chi connectivity index (χ1n) is 8.97. The summed E-state index contributed by atoms with van der Waals surface area (Å²) < 4.78 is 5.11. The molecule has 0 N–H and O–H groups in total. The lowest BCUT2D eigenvalue weighted by Crippen LogP contribution is -2.11. The average molecular weight is 322 g/mol. The van der Waals surface area contributed by atoms with E-state index in [2.05, 4.69) is 44.2 Å². The maximum atomic E-state index is 11.0. The van der Waals surface area contributed by atoms with Gasteiger partial charge in [-0.3, -0.25) is 4.79 Å². The van der Waals surface area contributed by atoms with Crippen LogP contribution in [0.5, 0.6) is 5.75 Å². The molecule has 0 spiro atoms. The Bertz CT molecular complexity index is 715. The van der Waals surface area contributed by atoms with Crippen LogP contribution >= 0.6 is 0 Å². The van der Waals surface area contributed by atoms with E-state index in [1.54, 1.807) is 5.56 Å². The van der Waals surface area contributed by atoms with E-state index in [-0.39, 0.29) is 5.97 Å². The van der Waals surface area contributed by atoms with Crippen molar-refractivity contribution in [1.82, 2.24) is 0 Å². The molecule has 2 unspecified atom stereocenters. The van der Waals surface area contributed by atoms with E-state index >= 15 is 0 Å². The second-order valence-electron chi connectivity index (χ2n) is 6.93. The van der Waals surface area contributed by atoms with Crippen molar-refractivity contribution in [3.8, 4) is 5.75 Å². The van der Waals surface area contributed by atoms with Crippen molar-refractivity contribution in [2.45, 2.75) is 58.3 Å². The summed E-state index contributed by atoms with van der Waals surface area (Å²) in [6.07, 6.45) is 4.79. The number of benzene rings is 2. The van der Waals surface area contributed by atoms with Gasteiger partial charge >= 0.3 is 5.97 Å². The fourth-order valence-corrected chi connectivity index (χ4v) is 3.60.